The molecule has 3 aromatic rings. The first-order valence-corrected chi connectivity index (χ1v) is 19.4. The Bertz CT molecular complexity index is 1910. The van der Waals surface area contributed by atoms with Gasteiger partial charge in [-0.15, -0.1) is 34.9 Å². The lowest BCUT2D eigenvalue weighted by Crippen LogP contribution is -2.78. The van der Waals surface area contributed by atoms with Crippen molar-refractivity contribution in [1.29, 1.82) is 0 Å². The third-order valence-electron chi connectivity index (χ3n) is 8.24. The van der Waals surface area contributed by atoms with Crippen molar-refractivity contribution < 1.29 is 33.9 Å². The average molecular weight is 761 g/mol. The number of imide groups is 1. The molecule has 3 atom stereocenters. The normalized spacial score (nSPS) is 21.4. The van der Waals surface area contributed by atoms with Gasteiger partial charge in [0.1, 0.15) is 17.1 Å². The quantitative estimate of drug-likeness (QED) is 0.120. The summed E-state index contributed by atoms with van der Waals surface area (Å²) in [5.41, 5.74) is 1.53. The maximum Gasteiger partial charge on any atom is 0.352 e. The summed E-state index contributed by atoms with van der Waals surface area (Å²) in [6.07, 6.45) is 1.64. The molecule has 2 aromatic carbocycles. The third kappa shape index (κ3) is 6.49. The predicted molar refractivity (Wildman–Crippen MR) is 189 cm³/mol. The van der Waals surface area contributed by atoms with Gasteiger partial charge < -0.3 is 20.6 Å². The van der Waals surface area contributed by atoms with Crippen LogP contribution in [0.3, 0.4) is 0 Å². The van der Waals surface area contributed by atoms with Crippen LogP contribution in [0.1, 0.15) is 18.5 Å². The van der Waals surface area contributed by atoms with Gasteiger partial charge in [0.25, 0.3) is 5.91 Å². The van der Waals surface area contributed by atoms with Crippen LogP contribution < -0.4 is 10.6 Å². The Morgan fingerprint density at radius 1 is 1.12 bits per heavy atom. The van der Waals surface area contributed by atoms with Crippen molar-refractivity contribution >= 4 is 104 Å². The number of nitrogens with zero attached hydrogens (tertiary/aromatic N) is 4. The van der Waals surface area contributed by atoms with Crippen molar-refractivity contribution in [1.82, 2.24) is 30.3 Å². The van der Waals surface area contributed by atoms with E-state index >= 15 is 0 Å². The van der Waals surface area contributed by atoms with E-state index in [0.29, 0.717) is 22.7 Å². The number of thiazole rings is 1. The molecule has 2 saturated heterocycles. The first kappa shape index (κ1) is 35.1. The molecule has 18 heteroatoms. The summed E-state index contributed by atoms with van der Waals surface area (Å²) >= 11 is 11.3. The molecule has 6 rings (SSSR count). The molecule has 0 bridgehead atoms. The molecule has 0 aliphatic carbocycles. The molecule has 256 valence electrons. The number of rotatable bonds is 10. The van der Waals surface area contributed by atoms with E-state index < -0.39 is 51.9 Å². The van der Waals surface area contributed by atoms with E-state index in [9.17, 15) is 33.9 Å². The maximum absolute atomic E-state index is 14.0. The summed E-state index contributed by atoms with van der Waals surface area (Å²) in [4.78, 5) is 85.2. The van der Waals surface area contributed by atoms with Crippen LogP contribution in [0.25, 0.3) is 10.2 Å². The molecule has 49 heavy (non-hydrogen) atoms. The number of carbonyl (C=O) groups is 6. The number of hydrogen-bond acceptors (Lipinski definition) is 11. The summed E-state index contributed by atoms with van der Waals surface area (Å²) in [6, 6.07) is 11.4. The highest BCUT2D eigenvalue weighted by molar-refractivity contribution is 8.05. The highest BCUT2D eigenvalue weighted by Crippen LogP contribution is 2.51. The van der Waals surface area contributed by atoms with Gasteiger partial charge in [0, 0.05) is 36.2 Å². The number of piperazine rings is 1. The smallest absolute Gasteiger partial charge is 0.352 e. The molecule has 6 amide bonds. The van der Waals surface area contributed by atoms with E-state index in [1.807, 2.05) is 6.07 Å². The zero-order chi connectivity index (χ0) is 35.0. The van der Waals surface area contributed by atoms with E-state index in [-0.39, 0.29) is 30.3 Å². The van der Waals surface area contributed by atoms with Crippen LogP contribution in [0.4, 0.5) is 4.79 Å². The van der Waals surface area contributed by atoms with E-state index in [0.717, 1.165) is 31.2 Å². The van der Waals surface area contributed by atoms with Crippen molar-refractivity contribution in [3.05, 3.63) is 70.4 Å². The molecule has 3 N–H and O–H groups in total. The van der Waals surface area contributed by atoms with Crippen LogP contribution >= 0.6 is 58.2 Å². The molecule has 1 unspecified atom stereocenters. The molecule has 2 fully saturated rings. The SMILES string of the molecule is CCN1CCN(C(=O)NC(C(=O)N[C@]2(SC)C(=O)N3C(C(=O)O)=C(CSc4nc5cc(Cl)ccc5s4)CS[C@@H]32)c2ccccc2)C(=O)C1=O. The van der Waals surface area contributed by atoms with Gasteiger partial charge in [-0.2, -0.15) is 0 Å². The van der Waals surface area contributed by atoms with Crippen molar-refractivity contribution in [3.63, 3.8) is 0 Å². The van der Waals surface area contributed by atoms with E-state index in [1.165, 1.54) is 44.7 Å². The summed E-state index contributed by atoms with van der Waals surface area (Å²) in [7, 11) is 0. The fourth-order valence-corrected chi connectivity index (χ4v) is 10.7. The molecular formula is C31H29ClN6O7S4. The van der Waals surface area contributed by atoms with Gasteiger partial charge in [-0.1, -0.05) is 53.7 Å². The minimum Gasteiger partial charge on any atom is -0.477 e. The Balaban J connectivity index is 1.21. The Morgan fingerprint density at radius 2 is 1.88 bits per heavy atom. The lowest BCUT2D eigenvalue weighted by atomic mass is 10.00. The minimum atomic E-state index is -1.54. The van der Waals surface area contributed by atoms with E-state index in [4.69, 9.17) is 11.6 Å². The number of benzene rings is 2. The lowest BCUT2D eigenvalue weighted by Gasteiger charge is -2.56. The maximum atomic E-state index is 14.0. The first-order chi connectivity index (χ1) is 23.5. The van der Waals surface area contributed by atoms with Crippen LogP contribution in [0.2, 0.25) is 5.02 Å². The number of amides is 6. The molecule has 3 aliphatic rings. The number of hydrogen-bond donors (Lipinski definition) is 3. The zero-order valence-electron chi connectivity index (χ0n) is 26.0. The number of carbonyl (C=O) groups excluding carboxylic acids is 5. The number of fused-ring (bicyclic) bond motifs is 2. The number of thioether (sulfide) groups is 3. The topological polar surface area (TPSA) is 169 Å². The third-order valence-corrected chi connectivity index (χ3v) is 13.4. The monoisotopic (exact) mass is 760 g/mol. The second kappa shape index (κ2) is 14.2. The zero-order valence-corrected chi connectivity index (χ0v) is 30.0. The Labute approximate surface area is 302 Å². The van der Waals surface area contributed by atoms with Crippen LogP contribution in [-0.2, 0) is 24.0 Å². The number of nitrogens with one attached hydrogen (secondary N) is 2. The second-order valence-corrected chi connectivity index (χ2v) is 15.9. The Hall–Kier alpha value is -3.77. The number of carboxylic acids is 1. The van der Waals surface area contributed by atoms with Crippen LogP contribution in [0, 0.1) is 0 Å². The summed E-state index contributed by atoms with van der Waals surface area (Å²) < 4.78 is 1.68. The largest absolute Gasteiger partial charge is 0.477 e. The highest BCUT2D eigenvalue weighted by atomic mass is 35.5. The molecule has 4 heterocycles. The molecule has 13 nitrogen and oxygen atoms in total. The molecule has 0 radical (unpaired) electrons. The lowest BCUT2D eigenvalue weighted by molar-refractivity contribution is -0.153. The van der Waals surface area contributed by atoms with Gasteiger partial charge in [-0.05, 0) is 42.5 Å². The van der Waals surface area contributed by atoms with Crippen molar-refractivity contribution in [2.24, 2.45) is 0 Å². The predicted octanol–water partition coefficient (Wildman–Crippen LogP) is 3.61. The number of urea groups is 1. The van der Waals surface area contributed by atoms with E-state index in [1.54, 1.807) is 55.6 Å². The number of likely N-dealkylation sites (N-methyl/N-ethyl adjacent to an activating group) is 1. The van der Waals surface area contributed by atoms with Gasteiger partial charge >= 0.3 is 23.8 Å². The number of aliphatic carboxylic acids is 1. The summed E-state index contributed by atoms with van der Waals surface area (Å²) in [6.45, 7) is 2.15. The summed E-state index contributed by atoms with van der Waals surface area (Å²) in [5.74, 6) is -3.87. The second-order valence-electron chi connectivity index (χ2n) is 11.0. The number of halogens is 1. The van der Waals surface area contributed by atoms with Crippen molar-refractivity contribution in [2.45, 2.75) is 27.6 Å². The van der Waals surface area contributed by atoms with Gasteiger partial charge in [-0.3, -0.25) is 29.0 Å². The van der Waals surface area contributed by atoms with Crippen LogP contribution in [0.15, 0.2) is 64.1 Å². The number of β-lactam (4-membered cyclic amide) rings is 1. The molecule has 0 spiro atoms. The first-order valence-electron chi connectivity index (χ1n) is 14.9. The van der Waals surface area contributed by atoms with Crippen molar-refractivity contribution in [2.75, 3.05) is 37.4 Å². The van der Waals surface area contributed by atoms with Gasteiger partial charge in [0.2, 0.25) is 5.91 Å². The van der Waals surface area contributed by atoms with E-state index in [2.05, 4.69) is 15.6 Å². The van der Waals surface area contributed by atoms with Gasteiger partial charge in [0.05, 0.1) is 10.2 Å². The Kier molecular flexibility index (Phi) is 10.2. The minimum absolute atomic E-state index is 0.0491. The standard InChI is InChI=1S/C31H29ClN6O7S4/c1-3-36-11-12-37(25(41)24(36)40)29(45)34-21(16-7-5-4-6-8-16)23(39)35-31(46-2)27(44)38-22(26(42)43)17(14-47-28(31)38)15-48-30-33-19-13-18(32)9-10-20(19)49-30/h4-10,13,21,28H,3,11-12,14-15H2,1-2H3,(H,34,45)(H,35,39)(H,42,43)/t21?,28-,31+/m1/s1. The summed E-state index contributed by atoms with van der Waals surface area (Å²) in [5, 5.41) is 15.4. The van der Waals surface area contributed by atoms with Crippen LogP contribution in [0.5, 0.6) is 0 Å². The fraction of sp³-hybridized carbons (Fsp3) is 0.323. The molecule has 3 aliphatic heterocycles. The average Bonchev–Trinajstić information content (AvgIpc) is 3.51. The number of aromatic nitrogens is 1. The molecular weight excluding hydrogens is 732 g/mol. The fourth-order valence-electron chi connectivity index (χ4n) is 5.72. The molecule has 1 aromatic heterocycles. The highest BCUT2D eigenvalue weighted by Gasteiger charge is 2.65. The molecule has 0 saturated carbocycles. The Morgan fingerprint density at radius 3 is 2.57 bits per heavy atom. The van der Waals surface area contributed by atoms with Crippen LogP contribution in [-0.4, -0.2) is 108 Å². The van der Waals surface area contributed by atoms with Gasteiger partial charge in [0.15, 0.2) is 9.21 Å². The van der Waals surface area contributed by atoms with Gasteiger partial charge in [-0.25, -0.2) is 14.6 Å². The van der Waals surface area contributed by atoms with Crippen molar-refractivity contribution in [3.8, 4) is 0 Å². The number of carboxylic acid groups (broad SMARTS) is 1.